The number of amides is 1. The van der Waals surface area contributed by atoms with Crippen LogP contribution in [0.15, 0.2) is 0 Å². The number of likely N-dealkylation sites (tertiary alicyclic amines) is 2. The summed E-state index contributed by atoms with van der Waals surface area (Å²) < 4.78 is 5.50. The Hall–Kier alpha value is -1.30. The summed E-state index contributed by atoms with van der Waals surface area (Å²) in [6, 6.07) is 0.380. The van der Waals surface area contributed by atoms with Crippen molar-refractivity contribution in [2.45, 2.75) is 65.5 Å². The van der Waals surface area contributed by atoms with Crippen LogP contribution in [0.3, 0.4) is 0 Å². The molecular weight excluding hydrogens is 308 g/mol. The summed E-state index contributed by atoms with van der Waals surface area (Å²) in [6.45, 7) is 13.1. The molecule has 1 atom stereocenters. The standard InChI is InChI=1S/C18H32N2O4/c1-17(2,3)24-16(23)20-11-8-14(18(4,5)12-20)19-9-6-13(7-10-19)15(21)22/h13-14H,6-12H2,1-5H3,(H,21,22). The SMILES string of the molecule is CC(C)(C)OC(=O)N1CCC(N2CCC(C(=O)O)CC2)C(C)(C)C1. The molecule has 1 unspecified atom stereocenters. The van der Waals surface area contributed by atoms with Crippen molar-refractivity contribution in [1.82, 2.24) is 9.80 Å². The number of carbonyl (C=O) groups excluding carboxylic acids is 1. The number of rotatable bonds is 2. The van der Waals surface area contributed by atoms with E-state index in [1.165, 1.54) is 0 Å². The highest BCUT2D eigenvalue weighted by molar-refractivity contribution is 5.70. The van der Waals surface area contributed by atoms with Gasteiger partial charge in [0.1, 0.15) is 5.60 Å². The number of aliphatic carboxylic acids is 1. The molecule has 0 radical (unpaired) electrons. The largest absolute Gasteiger partial charge is 0.481 e. The second-order valence-corrected chi connectivity index (χ2v) is 8.84. The molecule has 2 heterocycles. The predicted molar refractivity (Wildman–Crippen MR) is 91.9 cm³/mol. The third kappa shape index (κ3) is 4.62. The lowest BCUT2D eigenvalue weighted by Gasteiger charge is -2.50. The van der Waals surface area contributed by atoms with E-state index in [1.807, 2.05) is 25.7 Å². The van der Waals surface area contributed by atoms with Gasteiger partial charge in [-0.25, -0.2) is 4.79 Å². The van der Waals surface area contributed by atoms with Gasteiger partial charge in [-0.1, -0.05) is 13.8 Å². The van der Waals surface area contributed by atoms with Gasteiger partial charge >= 0.3 is 12.1 Å². The van der Waals surface area contributed by atoms with Crippen molar-refractivity contribution in [3.63, 3.8) is 0 Å². The highest BCUT2D eigenvalue weighted by Gasteiger charge is 2.42. The highest BCUT2D eigenvalue weighted by Crippen LogP contribution is 2.35. The van der Waals surface area contributed by atoms with Crippen LogP contribution in [0.1, 0.15) is 53.9 Å². The van der Waals surface area contributed by atoms with Gasteiger partial charge in [0.15, 0.2) is 0 Å². The molecule has 0 aliphatic carbocycles. The zero-order valence-corrected chi connectivity index (χ0v) is 15.7. The minimum Gasteiger partial charge on any atom is -0.481 e. The number of ether oxygens (including phenoxy) is 1. The number of hydrogen-bond donors (Lipinski definition) is 1. The molecular formula is C18H32N2O4. The van der Waals surface area contributed by atoms with Crippen LogP contribution in [0.5, 0.6) is 0 Å². The van der Waals surface area contributed by atoms with Gasteiger partial charge in [0.25, 0.3) is 0 Å². The molecule has 6 heteroatoms. The Morgan fingerprint density at radius 2 is 1.67 bits per heavy atom. The Morgan fingerprint density at radius 3 is 2.12 bits per heavy atom. The lowest BCUT2D eigenvalue weighted by atomic mass is 9.77. The maximum absolute atomic E-state index is 12.3. The normalized spacial score (nSPS) is 26.2. The fourth-order valence-electron chi connectivity index (χ4n) is 3.96. The fourth-order valence-corrected chi connectivity index (χ4v) is 3.96. The number of nitrogens with zero attached hydrogens (tertiary/aromatic N) is 2. The minimum atomic E-state index is -0.673. The quantitative estimate of drug-likeness (QED) is 0.837. The average molecular weight is 340 g/mol. The van der Waals surface area contributed by atoms with E-state index in [4.69, 9.17) is 9.84 Å². The first-order valence-corrected chi connectivity index (χ1v) is 8.94. The van der Waals surface area contributed by atoms with E-state index in [0.29, 0.717) is 19.1 Å². The van der Waals surface area contributed by atoms with E-state index in [9.17, 15) is 9.59 Å². The van der Waals surface area contributed by atoms with Crippen LogP contribution in [-0.4, -0.2) is 64.8 Å². The molecule has 0 spiro atoms. The molecule has 0 aromatic rings. The molecule has 2 fully saturated rings. The molecule has 6 nitrogen and oxygen atoms in total. The first-order valence-electron chi connectivity index (χ1n) is 8.94. The summed E-state index contributed by atoms with van der Waals surface area (Å²) >= 11 is 0. The van der Waals surface area contributed by atoms with E-state index >= 15 is 0 Å². The molecule has 2 saturated heterocycles. The van der Waals surface area contributed by atoms with E-state index in [1.54, 1.807) is 0 Å². The lowest BCUT2D eigenvalue weighted by Crippen LogP contribution is -2.58. The van der Waals surface area contributed by atoms with Crippen molar-refractivity contribution in [3.8, 4) is 0 Å². The van der Waals surface area contributed by atoms with Gasteiger partial charge < -0.3 is 14.7 Å². The third-order valence-electron chi connectivity index (χ3n) is 5.14. The second-order valence-electron chi connectivity index (χ2n) is 8.84. The van der Waals surface area contributed by atoms with Crippen LogP contribution < -0.4 is 0 Å². The summed E-state index contributed by atoms with van der Waals surface area (Å²) in [5.74, 6) is -0.875. The van der Waals surface area contributed by atoms with Gasteiger partial charge in [-0.2, -0.15) is 0 Å². The molecule has 2 rings (SSSR count). The summed E-state index contributed by atoms with van der Waals surface area (Å²) in [5, 5.41) is 9.15. The van der Waals surface area contributed by atoms with E-state index in [-0.39, 0.29) is 17.4 Å². The van der Waals surface area contributed by atoms with Crippen molar-refractivity contribution in [1.29, 1.82) is 0 Å². The Balaban J connectivity index is 1.94. The number of hydrogen-bond acceptors (Lipinski definition) is 4. The van der Waals surface area contributed by atoms with Crippen molar-refractivity contribution in [2.24, 2.45) is 11.3 Å². The maximum Gasteiger partial charge on any atom is 0.410 e. The predicted octanol–water partition coefficient (Wildman–Crippen LogP) is 2.82. The lowest BCUT2D eigenvalue weighted by molar-refractivity contribution is -0.144. The molecule has 0 bridgehead atoms. The van der Waals surface area contributed by atoms with Crippen LogP contribution >= 0.6 is 0 Å². The first kappa shape index (κ1) is 19.0. The first-order chi connectivity index (χ1) is 11.0. The summed E-state index contributed by atoms with van der Waals surface area (Å²) in [6.07, 6.45) is 2.11. The van der Waals surface area contributed by atoms with Crippen molar-refractivity contribution < 1.29 is 19.4 Å². The molecule has 1 amide bonds. The second kappa shape index (κ2) is 6.90. The molecule has 2 aliphatic rings. The molecule has 0 saturated carbocycles. The molecule has 0 aromatic carbocycles. The number of carboxylic acid groups (broad SMARTS) is 1. The van der Waals surface area contributed by atoms with Gasteiger partial charge in [0, 0.05) is 19.1 Å². The Bertz CT molecular complexity index is 476. The number of carbonyl (C=O) groups is 2. The van der Waals surface area contributed by atoms with E-state index in [0.717, 1.165) is 32.4 Å². The maximum atomic E-state index is 12.3. The van der Waals surface area contributed by atoms with Gasteiger partial charge in [0.2, 0.25) is 0 Å². The van der Waals surface area contributed by atoms with Crippen LogP contribution in [0.2, 0.25) is 0 Å². The van der Waals surface area contributed by atoms with Crippen LogP contribution in [-0.2, 0) is 9.53 Å². The Labute approximate surface area is 145 Å². The van der Waals surface area contributed by atoms with Gasteiger partial charge in [-0.05, 0) is 58.5 Å². The topological polar surface area (TPSA) is 70.1 Å². The molecule has 24 heavy (non-hydrogen) atoms. The van der Waals surface area contributed by atoms with Crippen LogP contribution in [0.25, 0.3) is 0 Å². The zero-order chi connectivity index (χ0) is 18.1. The van der Waals surface area contributed by atoms with E-state index < -0.39 is 11.6 Å². The average Bonchev–Trinajstić information content (AvgIpc) is 2.44. The van der Waals surface area contributed by atoms with Crippen LogP contribution in [0.4, 0.5) is 4.79 Å². The molecule has 2 aliphatic heterocycles. The van der Waals surface area contributed by atoms with Gasteiger partial charge in [0.05, 0.1) is 5.92 Å². The number of piperidine rings is 2. The van der Waals surface area contributed by atoms with E-state index in [2.05, 4.69) is 18.7 Å². The smallest absolute Gasteiger partial charge is 0.410 e. The third-order valence-corrected chi connectivity index (χ3v) is 5.14. The fraction of sp³-hybridized carbons (Fsp3) is 0.889. The van der Waals surface area contributed by atoms with Crippen molar-refractivity contribution in [3.05, 3.63) is 0 Å². The van der Waals surface area contributed by atoms with Gasteiger partial charge in [-0.15, -0.1) is 0 Å². The summed E-state index contributed by atoms with van der Waals surface area (Å²) in [5.41, 5.74) is -0.512. The van der Waals surface area contributed by atoms with Crippen molar-refractivity contribution >= 4 is 12.1 Å². The zero-order valence-electron chi connectivity index (χ0n) is 15.7. The van der Waals surface area contributed by atoms with Crippen molar-refractivity contribution in [2.75, 3.05) is 26.2 Å². The highest BCUT2D eigenvalue weighted by atomic mass is 16.6. The monoisotopic (exact) mass is 340 g/mol. The minimum absolute atomic E-state index is 0.0365. The Morgan fingerprint density at radius 1 is 1.08 bits per heavy atom. The Kier molecular flexibility index (Phi) is 5.47. The summed E-state index contributed by atoms with van der Waals surface area (Å²) in [7, 11) is 0. The molecule has 138 valence electrons. The number of carboxylic acids is 1. The molecule has 1 N–H and O–H groups in total. The molecule has 0 aromatic heterocycles. The van der Waals surface area contributed by atoms with Gasteiger partial charge in [-0.3, -0.25) is 9.69 Å². The summed E-state index contributed by atoms with van der Waals surface area (Å²) in [4.78, 5) is 27.7. The van der Waals surface area contributed by atoms with Crippen LogP contribution in [0, 0.1) is 11.3 Å².